The van der Waals surface area contributed by atoms with Crippen LogP contribution in [-0.4, -0.2) is 16.1 Å². The second-order valence-corrected chi connectivity index (χ2v) is 5.93. The van der Waals surface area contributed by atoms with Gasteiger partial charge in [-0.05, 0) is 43.4 Å². The van der Waals surface area contributed by atoms with Crippen molar-refractivity contribution >= 4 is 17.9 Å². The van der Waals surface area contributed by atoms with E-state index in [-0.39, 0.29) is 0 Å². The standard InChI is InChI=1S/C16H19ClN2O/c1-10(2)7-14-13(9-20)16(17)19(18-14)15-8-11(3)5-6-12(15)4/h5-6,8-10H,7H2,1-4H3. The molecular formula is C16H19ClN2O. The van der Waals surface area contributed by atoms with Crippen molar-refractivity contribution < 1.29 is 4.79 Å². The van der Waals surface area contributed by atoms with Crippen molar-refractivity contribution in [3.8, 4) is 5.69 Å². The third-order valence-electron chi connectivity index (χ3n) is 3.25. The number of aromatic nitrogens is 2. The number of carbonyl (C=O) groups excluding carboxylic acids is 1. The molecule has 0 saturated heterocycles. The molecule has 0 aliphatic heterocycles. The minimum atomic E-state index is 0.393. The molecule has 0 fully saturated rings. The lowest BCUT2D eigenvalue weighted by Gasteiger charge is -2.08. The fraction of sp³-hybridized carbons (Fsp3) is 0.375. The van der Waals surface area contributed by atoms with Gasteiger partial charge >= 0.3 is 0 Å². The van der Waals surface area contributed by atoms with Gasteiger partial charge in [0.2, 0.25) is 0 Å². The van der Waals surface area contributed by atoms with E-state index in [1.807, 2.05) is 32.0 Å². The lowest BCUT2D eigenvalue weighted by molar-refractivity contribution is 0.112. The highest BCUT2D eigenvalue weighted by molar-refractivity contribution is 6.32. The van der Waals surface area contributed by atoms with E-state index < -0.39 is 0 Å². The average Bonchev–Trinajstić information content (AvgIpc) is 2.68. The maximum Gasteiger partial charge on any atom is 0.155 e. The van der Waals surface area contributed by atoms with Gasteiger partial charge in [-0.15, -0.1) is 0 Å². The Morgan fingerprint density at radius 2 is 2.05 bits per heavy atom. The third kappa shape index (κ3) is 2.78. The van der Waals surface area contributed by atoms with Crippen LogP contribution < -0.4 is 0 Å². The Labute approximate surface area is 124 Å². The lowest BCUT2D eigenvalue weighted by atomic mass is 10.1. The molecule has 0 N–H and O–H groups in total. The molecule has 1 aromatic carbocycles. The topological polar surface area (TPSA) is 34.9 Å². The van der Waals surface area contributed by atoms with Gasteiger partial charge in [0.05, 0.1) is 16.9 Å². The zero-order valence-electron chi connectivity index (χ0n) is 12.3. The Balaban J connectivity index is 2.60. The second kappa shape index (κ2) is 5.80. The van der Waals surface area contributed by atoms with Gasteiger partial charge in [0, 0.05) is 0 Å². The summed E-state index contributed by atoms with van der Waals surface area (Å²) in [5.74, 6) is 0.423. The van der Waals surface area contributed by atoms with Crippen LogP contribution >= 0.6 is 11.6 Å². The van der Waals surface area contributed by atoms with E-state index >= 15 is 0 Å². The van der Waals surface area contributed by atoms with E-state index in [0.29, 0.717) is 16.6 Å². The molecule has 0 saturated carbocycles. The van der Waals surface area contributed by atoms with Crippen LogP contribution in [-0.2, 0) is 6.42 Å². The van der Waals surface area contributed by atoms with E-state index in [1.54, 1.807) is 4.68 Å². The molecule has 1 aromatic heterocycles. The Hall–Kier alpha value is -1.61. The molecule has 0 unspecified atom stereocenters. The first-order valence-electron chi connectivity index (χ1n) is 6.74. The van der Waals surface area contributed by atoms with Crippen LogP contribution in [0.4, 0.5) is 0 Å². The van der Waals surface area contributed by atoms with Crippen LogP contribution in [0.25, 0.3) is 5.69 Å². The summed E-state index contributed by atoms with van der Waals surface area (Å²) < 4.78 is 1.67. The molecule has 0 aliphatic rings. The second-order valence-electron chi connectivity index (χ2n) is 5.57. The number of hydrogen-bond acceptors (Lipinski definition) is 2. The number of aldehydes is 1. The molecule has 0 aliphatic carbocycles. The molecular weight excluding hydrogens is 272 g/mol. The quantitative estimate of drug-likeness (QED) is 0.793. The van der Waals surface area contributed by atoms with Crippen LogP contribution in [0.1, 0.15) is 41.0 Å². The van der Waals surface area contributed by atoms with Gasteiger partial charge in [-0.25, -0.2) is 4.68 Å². The minimum absolute atomic E-state index is 0.393. The van der Waals surface area contributed by atoms with Crippen molar-refractivity contribution in [2.24, 2.45) is 5.92 Å². The summed E-state index contributed by atoms with van der Waals surface area (Å²) in [7, 11) is 0. The lowest BCUT2D eigenvalue weighted by Crippen LogP contribution is -2.02. The summed E-state index contributed by atoms with van der Waals surface area (Å²) in [6, 6.07) is 6.11. The molecule has 20 heavy (non-hydrogen) atoms. The first-order chi connectivity index (χ1) is 9.43. The van der Waals surface area contributed by atoms with Crippen LogP contribution in [0.5, 0.6) is 0 Å². The number of nitrogens with zero attached hydrogens (tertiary/aromatic N) is 2. The van der Waals surface area contributed by atoms with Gasteiger partial charge in [0.1, 0.15) is 5.15 Å². The normalized spacial score (nSPS) is 11.1. The van der Waals surface area contributed by atoms with Crippen molar-refractivity contribution in [3.63, 3.8) is 0 Å². The zero-order chi connectivity index (χ0) is 14.9. The summed E-state index contributed by atoms with van der Waals surface area (Å²) in [6.07, 6.45) is 1.54. The van der Waals surface area contributed by atoms with Crippen molar-refractivity contribution in [2.45, 2.75) is 34.1 Å². The molecule has 2 rings (SSSR count). The van der Waals surface area contributed by atoms with Crippen LogP contribution in [0, 0.1) is 19.8 Å². The van der Waals surface area contributed by atoms with Crippen molar-refractivity contribution in [2.75, 3.05) is 0 Å². The molecule has 3 nitrogen and oxygen atoms in total. The minimum Gasteiger partial charge on any atom is -0.298 e. The molecule has 0 atom stereocenters. The Bertz CT molecular complexity index is 644. The Morgan fingerprint density at radius 3 is 2.65 bits per heavy atom. The predicted molar refractivity (Wildman–Crippen MR) is 82.0 cm³/mol. The van der Waals surface area contributed by atoms with Crippen molar-refractivity contribution in [3.05, 3.63) is 45.7 Å². The van der Waals surface area contributed by atoms with Gasteiger partial charge in [-0.3, -0.25) is 4.79 Å². The van der Waals surface area contributed by atoms with E-state index in [9.17, 15) is 4.79 Å². The Morgan fingerprint density at radius 1 is 1.35 bits per heavy atom. The molecule has 0 amide bonds. The van der Waals surface area contributed by atoms with Crippen molar-refractivity contribution in [1.82, 2.24) is 9.78 Å². The SMILES string of the molecule is Cc1ccc(C)c(-n2nc(CC(C)C)c(C=O)c2Cl)c1. The monoisotopic (exact) mass is 290 g/mol. The molecule has 0 spiro atoms. The fourth-order valence-corrected chi connectivity index (χ4v) is 2.50. The highest BCUT2D eigenvalue weighted by atomic mass is 35.5. The largest absolute Gasteiger partial charge is 0.298 e. The number of halogens is 1. The molecule has 106 valence electrons. The van der Waals surface area contributed by atoms with E-state index in [4.69, 9.17) is 11.6 Å². The number of hydrogen-bond donors (Lipinski definition) is 0. The van der Waals surface area contributed by atoms with E-state index in [0.717, 1.165) is 35.2 Å². The molecule has 0 bridgehead atoms. The van der Waals surface area contributed by atoms with Crippen molar-refractivity contribution in [1.29, 1.82) is 0 Å². The van der Waals surface area contributed by atoms with Crippen LogP contribution in [0.15, 0.2) is 18.2 Å². The average molecular weight is 291 g/mol. The maximum absolute atomic E-state index is 11.3. The number of benzene rings is 1. The zero-order valence-corrected chi connectivity index (χ0v) is 13.0. The van der Waals surface area contributed by atoms with Gasteiger partial charge in [-0.1, -0.05) is 37.6 Å². The van der Waals surface area contributed by atoms with Gasteiger partial charge in [0.15, 0.2) is 6.29 Å². The van der Waals surface area contributed by atoms with Gasteiger partial charge < -0.3 is 0 Å². The number of rotatable bonds is 4. The summed E-state index contributed by atoms with van der Waals surface area (Å²) in [5.41, 5.74) is 4.40. The van der Waals surface area contributed by atoms with E-state index in [1.165, 1.54) is 0 Å². The summed E-state index contributed by atoms with van der Waals surface area (Å²) in [5, 5.41) is 4.94. The summed E-state index contributed by atoms with van der Waals surface area (Å²) in [4.78, 5) is 11.3. The molecule has 4 heteroatoms. The third-order valence-corrected chi connectivity index (χ3v) is 3.62. The van der Waals surface area contributed by atoms with E-state index in [2.05, 4.69) is 18.9 Å². The van der Waals surface area contributed by atoms with Gasteiger partial charge in [0.25, 0.3) is 0 Å². The number of carbonyl (C=O) groups is 1. The first kappa shape index (κ1) is 14.8. The summed E-state index contributed by atoms with van der Waals surface area (Å²) >= 11 is 6.34. The van der Waals surface area contributed by atoms with Crippen LogP contribution in [0.3, 0.4) is 0 Å². The maximum atomic E-state index is 11.3. The highest BCUT2D eigenvalue weighted by Crippen LogP contribution is 2.26. The molecule has 2 aromatic rings. The predicted octanol–water partition coefficient (Wildman–Crippen LogP) is 4.15. The van der Waals surface area contributed by atoms with Gasteiger partial charge in [-0.2, -0.15) is 5.10 Å². The molecule has 0 radical (unpaired) electrons. The first-order valence-corrected chi connectivity index (χ1v) is 7.12. The highest BCUT2D eigenvalue weighted by Gasteiger charge is 2.18. The fourth-order valence-electron chi connectivity index (χ4n) is 2.21. The molecule has 1 heterocycles. The number of aryl methyl sites for hydroxylation is 2. The summed E-state index contributed by atoms with van der Waals surface area (Å²) in [6.45, 7) is 8.23. The van der Waals surface area contributed by atoms with Crippen LogP contribution in [0.2, 0.25) is 5.15 Å². The Kier molecular flexibility index (Phi) is 4.29. The smallest absolute Gasteiger partial charge is 0.155 e.